The van der Waals surface area contributed by atoms with Crippen LogP contribution in [0.3, 0.4) is 0 Å². The van der Waals surface area contributed by atoms with Crippen molar-refractivity contribution in [1.29, 1.82) is 0 Å². The zero-order valence-corrected chi connectivity index (χ0v) is 15.3. The monoisotopic (exact) mass is 418 g/mol. The van der Waals surface area contributed by atoms with Crippen molar-refractivity contribution >= 4 is 15.9 Å². The van der Waals surface area contributed by atoms with E-state index in [9.17, 15) is 26.4 Å². The smallest absolute Gasteiger partial charge is 0.459 e. The number of carbonyl (C=O) groups is 1. The molecule has 0 bridgehead atoms. The summed E-state index contributed by atoms with van der Waals surface area (Å²) in [6.45, 7) is 0.705. The summed E-state index contributed by atoms with van der Waals surface area (Å²) in [7, 11) is -3.91. The van der Waals surface area contributed by atoms with Crippen LogP contribution in [0, 0.1) is 0 Å². The number of carbonyl (C=O) groups excluding carboxylic acids is 1. The summed E-state index contributed by atoms with van der Waals surface area (Å²) in [6, 6.07) is 6.73. The number of furan rings is 1. The third-order valence-corrected chi connectivity index (χ3v) is 5.74. The average molecular weight is 418 g/mol. The summed E-state index contributed by atoms with van der Waals surface area (Å²) in [5.74, 6) is -0.539. The molecular weight excluding hydrogens is 401 g/mol. The van der Waals surface area contributed by atoms with E-state index in [1.165, 1.54) is 6.26 Å². The first-order valence-corrected chi connectivity index (χ1v) is 9.83. The van der Waals surface area contributed by atoms with Crippen LogP contribution in [0.2, 0.25) is 0 Å². The number of benzene rings is 1. The number of sulfonamides is 1. The quantitative estimate of drug-likeness (QED) is 0.807. The Morgan fingerprint density at radius 2 is 1.79 bits per heavy atom. The molecule has 1 aromatic heterocycles. The molecule has 11 heteroatoms. The number of ether oxygens (including phenoxy) is 1. The van der Waals surface area contributed by atoms with Gasteiger partial charge < -0.3 is 14.1 Å². The topological polar surface area (TPSA) is 88.9 Å². The third kappa shape index (κ3) is 5.04. The summed E-state index contributed by atoms with van der Waals surface area (Å²) in [6.07, 6.45) is -2.64. The van der Waals surface area contributed by atoms with E-state index in [-0.39, 0.29) is 16.6 Å². The molecule has 0 saturated carbocycles. The van der Waals surface area contributed by atoms with E-state index in [4.69, 9.17) is 4.42 Å². The number of hydrogen-bond acceptors (Lipinski definition) is 5. The number of halogens is 3. The standard InChI is InChI=1S/C17H17F3N2O5S/c18-17(19,20)27-13-3-5-14(6-4-13)28(24,25)21-12-7-9-22(10-8-12)16(23)15-2-1-11-26-15/h1-6,11-12,21H,7-10H2. The van der Waals surface area contributed by atoms with Crippen LogP contribution in [-0.4, -0.2) is 44.7 Å². The molecule has 7 nitrogen and oxygen atoms in total. The number of likely N-dealkylation sites (tertiary alicyclic amines) is 1. The number of piperidine rings is 1. The lowest BCUT2D eigenvalue weighted by atomic mass is 10.1. The third-order valence-electron chi connectivity index (χ3n) is 4.20. The van der Waals surface area contributed by atoms with Gasteiger partial charge in [0.25, 0.3) is 5.91 Å². The summed E-state index contributed by atoms with van der Waals surface area (Å²) >= 11 is 0. The zero-order valence-electron chi connectivity index (χ0n) is 14.5. The molecular formula is C17H17F3N2O5S. The van der Waals surface area contributed by atoms with Crippen LogP contribution in [0.25, 0.3) is 0 Å². The molecule has 0 radical (unpaired) electrons. The van der Waals surface area contributed by atoms with Crippen molar-refractivity contribution in [3.8, 4) is 5.75 Å². The van der Waals surface area contributed by atoms with Gasteiger partial charge in [0.1, 0.15) is 5.75 Å². The molecule has 2 aromatic rings. The minimum absolute atomic E-state index is 0.170. The molecule has 0 aliphatic carbocycles. The SMILES string of the molecule is O=C(c1ccco1)N1CCC(NS(=O)(=O)c2ccc(OC(F)(F)F)cc2)CC1. The molecule has 152 valence electrons. The predicted octanol–water partition coefficient (Wildman–Crippen LogP) is 2.76. The number of alkyl halides is 3. The highest BCUT2D eigenvalue weighted by atomic mass is 32.2. The fraction of sp³-hybridized carbons (Fsp3) is 0.353. The van der Waals surface area contributed by atoms with Gasteiger partial charge >= 0.3 is 6.36 Å². The van der Waals surface area contributed by atoms with Gasteiger partial charge in [-0.15, -0.1) is 13.2 Å². The summed E-state index contributed by atoms with van der Waals surface area (Å²) < 4.78 is 72.7. The molecule has 0 spiro atoms. The maximum absolute atomic E-state index is 12.4. The Labute approximate surface area is 159 Å². The Balaban J connectivity index is 1.57. The van der Waals surface area contributed by atoms with E-state index in [2.05, 4.69) is 9.46 Å². The highest BCUT2D eigenvalue weighted by Gasteiger charge is 2.31. The van der Waals surface area contributed by atoms with Crippen molar-refractivity contribution in [2.75, 3.05) is 13.1 Å². The van der Waals surface area contributed by atoms with Gasteiger partial charge in [-0.1, -0.05) is 0 Å². The van der Waals surface area contributed by atoms with Crippen molar-refractivity contribution in [1.82, 2.24) is 9.62 Å². The van der Waals surface area contributed by atoms with Crippen LogP contribution in [0.1, 0.15) is 23.4 Å². The van der Waals surface area contributed by atoms with E-state index in [0.717, 1.165) is 24.3 Å². The van der Waals surface area contributed by atoms with Gasteiger partial charge in [0.05, 0.1) is 11.2 Å². The van der Waals surface area contributed by atoms with E-state index >= 15 is 0 Å². The first-order chi connectivity index (χ1) is 13.1. The van der Waals surface area contributed by atoms with E-state index < -0.39 is 28.2 Å². The Morgan fingerprint density at radius 3 is 2.32 bits per heavy atom. The van der Waals surface area contributed by atoms with Crippen LogP contribution >= 0.6 is 0 Å². The Morgan fingerprint density at radius 1 is 1.14 bits per heavy atom. The number of nitrogens with one attached hydrogen (secondary N) is 1. The molecule has 2 heterocycles. The van der Waals surface area contributed by atoms with Crippen molar-refractivity contribution in [3.63, 3.8) is 0 Å². The second kappa shape index (κ2) is 7.84. The van der Waals surface area contributed by atoms with Gasteiger partial charge in [-0.3, -0.25) is 4.79 Å². The zero-order chi connectivity index (χ0) is 20.4. The van der Waals surface area contributed by atoms with Crippen molar-refractivity contribution in [2.45, 2.75) is 30.1 Å². The number of nitrogens with zero attached hydrogens (tertiary/aromatic N) is 1. The molecule has 1 aliphatic rings. The first-order valence-electron chi connectivity index (χ1n) is 8.35. The van der Waals surface area contributed by atoms with Crippen LogP contribution in [0.5, 0.6) is 5.75 Å². The van der Waals surface area contributed by atoms with Crippen molar-refractivity contribution in [3.05, 3.63) is 48.4 Å². The molecule has 1 fully saturated rings. The Bertz CT molecular complexity index is 903. The second-order valence-electron chi connectivity index (χ2n) is 6.18. The maximum atomic E-state index is 12.4. The van der Waals surface area contributed by atoms with Crippen LogP contribution in [0.15, 0.2) is 52.0 Å². The molecule has 28 heavy (non-hydrogen) atoms. The number of hydrogen-bond donors (Lipinski definition) is 1. The maximum Gasteiger partial charge on any atom is 0.573 e. The van der Waals surface area contributed by atoms with Crippen LogP contribution in [-0.2, 0) is 10.0 Å². The lowest BCUT2D eigenvalue weighted by Crippen LogP contribution is -2.46. The molecule has 0 unspecified atom stereocenters. The minimum atomic E-state index is -4.85. The first kappa shape index (κ1) is 20.2. The summed E-state index contributed by atoms with van der Waals surface area (Å²) in [5.41, 5.74) is 0. The minimum Gasteiger partial charge on any atom is -0.459 e. The molecule has 3 rings (SSSR count). The molecule has 1 amide bonds. The predicted molar refractivity (Wildman–Crippen MR) is 91.1 cm³/mol. The molecule has 1 N–H and O–H groups in total. The average Bonchev–Trinajstić information content (AvgIpc) is 3.15. The second-order valence-corrected chi connectivity index (χ2v) is 7.90. The van der Waals surface area contributed by atoms with Gasteiger partial charge in [0, 0.05) is 19.1 Å². The summed E-state index contributed by atoms with van der Waals surface area (Å²) in [4.78, 5) is 13.6. The molecule has 1 aliphatic heterocycles. The van der Waals surface area contributed by atoms with Crippen LogP contribution < -0.4 is 9.46 Å². The van der Waals surface area contributed by atoms with Crippen molar-refractivity contribution in [2.24, 2.45) is 0 Å². The van der Waals surface area contributed by atoms with E-state index in [1.54, 1.807) is 17.0 Å². The lowest BCUT2D eigenvalue weighted by Gasteiger charge is -2.31. The molecule has 0 atom stereocenters. The number of amides is 1. The van der Waals surface area contributed by atoms with Gasteiger partial charge in [-0.25, -0.2) is 13.1 Å². The van der Waals surface area contributed by atoms with Gasteiger partial charge in [0.15, 0.2) is 5.76 Å². The highest BCUT2D eigenvalue weighted by molar-refractivity contribution is 7.89. The fourth-order valence-corrected chi connectivity index (χ4v) is 4.17. The van der Waals surface area contributed by atoms with E-state index in [0.29, 0.717) is 25.9 Å². The van der Waals surface area contributed by atoms with E-state index in [1.807, 2.05) is 0 Å². The Hall–Kier alpha value is -2.53. The molecule has 1 aromatic carbocycles. The van der Waals surface area contributed by atoms with Gasteiger partial charge in [-0.05, 0) is 49.2 Å². The van der Waals surface area contributed by atoms with Crippen molar-refractivity contribution < 1.29 is 35.5 Å². The molecule has 1 saturated heterocycles. The number of rotatable bonds is 5. The summed E-state index contributed by atoms with van der Waals surface area (Å²) in [5, 5.41) is 0. The highest BCUT2D eigenvalue weighted by Crippen LogP contribution is 2.24. The largest absolute Gasteiger partial charge is 0.573 e. The normalized spacial score (nSPS) is 16.2. The Kier molecular flexibility index (Phi) is 5.66. The van der Waals surface area contributed by atoms with Crippen LogP contribution in [0.4, 0.5) is 13.2 Å². The van der Waals surface area contributed by atoms with Gasteiger partial charge in [0.2, 0.25) is 10.0 Å². The fourth-order valence-electron chi connectivity index (χ4n) is 2.86. The van der Waals surface area contributed by atoms with Gasteiger partial charge in [-0.2, -0.15) is 0 Å². The lowest BCUT2D eigenvalue weighted by molar-refractivity contribution is -0.274.